The Morgan fingerprint density at radius 2 is 1.90 bits per heavy atom. The number of thioether (sulfide) groups is 1. The molecule has 2 fully saturated rings. The third kappa shape index (κ3) is 6.79. The van der Waals surface area contributed by atoms with Crippen LogP contribution >= 0.6 is 35.0 Å². The first-order valence-corrected chi connectivity index (χ1v) is 14.1. The average molecular weight is 614 g/mol. The molecule has 9 nitrogen and oxygen atoms in total. The molecule has 1 aliphatic carbocycles. The van der Waals surface area contributed by atoms with Crippen molar-refractivity contribution in [3.05, 3.63) is 70.1 Å². The van der Waals surface area contributed by atoms with Gasteiger partial charge in [0.2, 0.25) is 5.76 Å². The predicted molar refractivity (Wildman–Crippen MR) is 142 cm³/mol. The Morgan fingerprint density at radius 3 is 2.58 bits per heavy atom. The van der Waals surface area contributed by atoms with Gasteiger partial charge in [0.25, 0.3) is 5.91 Å². The van der Waals surface area contributed by atoms with E-state index in [1.807, 2.05) is 0 Å². The van der Waals surface area contributed by atoms with E-state index in [2.05, 4.69) is 14.7 Å². The van der Waals surface area contributed by atoms with Gasteiger partial charge >= 0.3 is 12.6 Å². The SMILES string of the molecule is O=C(O[C@@H](Cc1c(Cl)cncc1Cl)c1ccc(OC(F)F)c(OCC2CC2)c1)C1SCCN1C(=O)c1cnco1. The van der Waals surface area contributed by atoms with Crippen LogP contribution in [0.25, 0.3) is 0 Å². The number of carbonyl (C=O) groups is 2. The van der Waals surface area contributed by atoms with E-state index >= 15 is 0 Å². The summed E-state index contributed by atoms with van der Waals surface area (Å²) in [4.78, 5) is 35.4. The third-order valence-corrected chi connectivity index (χ3v) is 8.16. The molecule has 1 aromatic carbocycles. The topological polar surface area (TPSA) is 104 Å². The van der Waals surface area contributed by atoms with Crippen LogP contribution in [0.5, 0.6) is 11.5 Å². The lowest BCUT2D eigenvalue weighted by Crippen LogP contribution is -2.40. The first-order chi connectivity index (χ1) is 19.3. The molecule has 1 saturated carbocycles. The number of halogens is 4. The fourth-order valence-corrected chi connectivity index (χ4v) is 5.72. The second kappa shape index (κ2) is 12.6. The number of benzene rings is 1. The van der Waals surface area contributed by atoms with Gasteiger partial charge in [-0.3, -0.25) is 9.78 Å². The van der Waals surface area contributed by atoms with Crippen molar-refractivity contribution in [3.63, 3.8) is 0 Å². The van der Waals surface area contributed by atoms with Crippen molar-refractivity contribution in [2.45, 2.75) is 37.4 Å². The van der Waals surface area contributed by atoms with Gasteiger partial charge < -0.3 is 23.5 Å². The number of hydrogen-bond donors (Lipinski definition) is 0. The summed E-state index contributed by atoms with van der Waals surface area (Å²) in [6, 6.07) is 4.34. The number of oxazole rings is 1. The van der Waals surface area contributed by atoms with Crippen LogP contribution in [-0.2, 0) is 16.0 Å². The van der Waals surface area contributed by atoms with E-state index < -0.39 is 30.0 Å². The molecule has 0 spiro atoms. The zero-order valence-corrected chi connectivity index (χ0v) is 23.1. The molecule has 1 aliphatic heterocycles. The van der Waals surface area contributed by atoms with Crippen molar-refractivity contribution in [2.75, 3.05) is 18.9 Å². The van der Waals surface area contributed by atoms with E-state index in [9.17, 15) is 18.4 Å². The van der Waals surface area contributed by atoms with Gasteiger partial charge in [0, 0.05) is 31.1 Å². The van der Waals surface area contributed by atoms with E-state index in [4.69, 9.17) is 37.1 Å². The zero-order valence-electron chi connectivity index (χ0n) is 20.8. The van der Waals surface area contributed by atoms with Gasteiger partial charge in [0.05, 0.1) is 22.8 Å². The molecular formula is C26H23Cl2F2N3O6S. The van der Waals surface area contributed by atoms with E-state index in [1.165, 1.54) is 53.5 Å². The first-order valence-electron chi connectivity index (χ1n) is 12.3. The highest BCUT2D eigenvalue weighted by atomic mass is 35.5. The highest BCUT2D eigenvalue weighted by Gasteiger charge is 2.39. The maximum Gasteiger partial charge on any atom is 0.387 e. The second-order valence-corrected chi connectivity index (χ2v) is 11.1. The number of alkyl halides is 2. The molecule has 1 amide bonds. The Labute approximate surface area is 242 Å². The number of pyridine rings is 1. The predicted octanol–water partition coefficient (Wildman–Crippen LogP) is 5.81. The molecule has 3 heterocycles. The largest absolute Gasteiger partial charge is 0.489 e. The molecule has 0 bridgehead atoms. The molecular weight excluding hydrogens is 591 g/mol. The molecule has 212 valence electrons. The van der Waals surface area contributed by atoms with E-state index in [-0.39, 0.29) is 33.7 Å². The number of ether oxygens (including phenoxy) is 3. The molecule has 2 atom stereocenters. The monoisotopic (exact) mass is 613 g/mol. The molecule has 2 aliphatic rings. The molecule has 0 N–H and O–H groups in total. The number of rotatable bonds is 11. The zero-order chi connectivity index (χ0) is 28.2. The quantitative estimate of drug-likeness (QED) is 0.248. The molecule has 0 radical (unpaired) electrons. The number of amides is 1. The van der Waals surface area contributed by atoms with Crippen LogP contribution in [0.1, 0.15) is 40.6 Å². The Balaban J connectivity index is 1.44. The summed E-state index contributed by atoms with van der Waals surface area (Å²) in [5.74, 6) is -0.377. The summed E-state index contributed by atoms with van der Waals surface area (Å²) in [6.45, 7) is -2.41. The summed E-state index contributed by atoms with van der Waals surface area (Å²) in [5, 5.41) is -0.432. The van der Waals surface area contributed by atoms with Crippen molar-refractivity contribution in [1.29, 1.82) is 0 Å². The lowest BCUT2D eigenvalue weighted by Gasteiger charge is -2.26. The van der Waals surface area contributed by atoms with Crippen LogP contribution < -0.4 is 9.47 Å². The molecule has 1 unspecified atom stereocenters. The fourth-order valence-electron chi connectivity index (χ4n) is 4.10. The van der Waals surface area contributed by atoms with E-state index in [1.54, 1.807) is 0 Å². The Kier molecular flexibility index (Phi) is 8.97. The summed E-state index contributed by atoms with van der Waals surface area (Å²) in [7, 11) is 0. The standard InChI is InChI=1S/C26H23Cl2F2N3O6S/c27-17-9-31-10-18(28)16(17)8-20(15-3-4-19(39-26(29)30)21(7-15)36-12-14-1-2-14)38-25(35)24-33(5-6-40-24)23(34)22-11-32-13-37-22/h3-4,7,9-11,13-14,20,24,26H,1-2,5-6,8,12H2/t20-,24?/m0/s1. The molecule has 40 heavy (non-hydrogen) atoms. The maximum atomic E-state index is 13.5. The highest BCUT2D eigenvalue weighted by Crippen LogP contribution is 2.38. The van der Waals surface area contributed by atoms with E-state index in [0.29, 0.717) is 35.9 Å². The molecule has 5 rings (SSSR count). The van der Waals surface area contributed by atoms with Gasteiger partial charge in [-0.15, -0.1) is 11.8 Å². The van der Waals surface area contributed by atoms with Gasteiger partial charge in [-0.2, -0.15) is 8.78 Å². The summed E-state index contributed by atoms with van der Waals surface area (Å²) >= 11 is 14.0. The average Bonchev–Trinajstić information content (AvgIpc) is 3.36. The van der Waals surface area contributed by atoms with Crippen molar-refractivity contribution < 1.29 is 37.0 Å². The molecule has 2 aromatic heterocycles. The molecule has 14 heteroatoms. The molecule has 1 saturated heterocycles. The van der Waals surface area contributed by atoms with Gasteiger partial charge in [0.15, 0.2) is 23.3 Å². The first kappa shape index (κ1) is 28.4. The smallest absolute Gasteiger partial charge is 0.387 e. The summed E-state index contributed by atoms with van der Waals surface area (Å²) in [6.07, 6.45) is 6.28. The lowest BCUT2D eigenvalue weighted by molar-refractivity contribution is -0.151. The van der Waals surface area contributed by atoms with Crippen molar-refractivity contribution in [1.82, 2.24) is 14.9 Å². The van der Waals surface area contributed by atoms with Crippen LogP contribution in [0.4, 0.5) is 8.78 Å². The van der Waals surface area contributed by atoms with Crippen LogP contribution in [0, 0.1) is 5.92 Å². The Morgan fingerprint density at radius 1 is 1.12 bits per heavy atom. The maximum absolute atomic E-state index is 13.5. The summed E-state index contributed by atoms with van der Waals surface area (Å²) in [5.41, 5.74) is 0.902. The Hall–Kier alpha value is -3.09. The Bertz CT molecular complexity index is 1340. The minimum atomic E-state index is -3.05. The van der Waals surface area contributed by atoms with Crippen LogP contribution in [0.3, 0.4) is 0 Å². The number of carbonyl (C=O) groups excluding carboxylic acids is 2. The van der Waals surface area contributed by atoms with Gasteiger partial charge in [-0.1, -0.05) is 29.3 Å². The minimum absolute atomic E-state index is 0.000675. The number of esters is 1. The normalized spacial score (nSPS) is 17.6. The van der Waals surface area contributed by atoms with Crippen molar-refractivity contribution in [2.24, 2.45) is 5.92 Å². The second-order valence-electron chi connectivity index (χ2n) is 9.14. The minimum Gasteiger partial charge on any atom is -0.489 e. The van der Waals surface area contributed by atoms with Gasteiger partial charge in [0.1, 0.15) is 6.10 Å². The number of aromatic nitrogens is 2. The van der Waals surface area contributed by atoms with Gasteiger partial charge in [-0.25, -0.2) is 9.78 Å². The van der Waals surface area contributed by atoms with Crippen molar-refractivity contribution in [3.8, 4) is 11.5 Å². The highest BCUT2D eigenvalue weighted by molar-refractivity contribution is 8.00. The number of nitrogens with zero attached hydrogens (tertiary/aromatic N) is 3. The van der Waals surface area contributed by atoms with Crippen LogP contribution in [0.2, 0.25) is 10.0 Å². The van der Waals surface area contributed by atoms with Gasteiger partial charge in [-0.05, 0) is 42.0 Å². The lowest BCUT2D eigenvalue weighted by atomic mass is 10.0. The van der Waals surface area contributed by atoms with E-state index in [0.717, 1.165) is 19.2 Å². The van der Waals surface area contributed by atoms with Crippen LogP contribution in [-0.4, -0.2) is 57.6 Å². The fraction of sp³-hybridized carbons (Fsp3) is 0.385. The molecule has 3 aromatic rings. The van der Waals surface area contributed by atoms with Crippen molar-refractivity contribution >= 4 is 46.8 Å². The third-order valence-electron chi connectivity index (χ3n) is 6.32. The van der Waals surface area contributed by atoms with Crippen LogP contribution in [0.15, 0.2) is 47.6 Å². The summed E-state index contributed by atoms with van der Waals surface area (Å²) < 4.78 is 47.7. The number of hydrogen-bond acceptors (Lipinski definition) is 9.